The van der Waals surface area contributed by atoms with Gasteiger partial charge in [0.2, 0.25) is 0 Å². The van der Waals surface area contributed by atoms with Gasteiger partial charge in [-0.05, 0) is 37.6 Å². The number of aromatic nitrogens is 2. The van der Waals surface area contributed by atoms with Crippen molar-refractivity contribution in [3.8, 4) is 5.69 Å². The Balaban J connectivity index is 0.00000261. The van der Waals surface area contributed by atoms with Crippen LogP contribution in [-0.2, 0) is 11.3 Å². The fourth-order valence-corrected chi connectivity index (χ4v) is 3.16. The molecule has 8 heteroatoms. The van der Waals surface area contributed by atoms with E-state index in [0.29, 0.717) is 12.5 Å². The third-order valence-electron chi connectivity index (χ3n) is 4.66. The van der Waals surface area contributed by atoms with Crippen LogP contribution in [-0.4, -0.2) is 54.5 Å². The van der Waals surface area contributed by atoms with Crippen LogP contribution in [0.4, 0.5) is 4.39 Å². The monoisotopic (exact) mass is 487 g/mol. The fourth-order valence-electron chi connectivity index (χ4n) is 3.16. The molecule has 0 bridgehead atoms. The van der Waals surface area contributed by atoms with Gasteiger partial charge in [-0.3, -0.25) is 4.99 Å². The van der Waals surface area contributed by atoms with Crippen molar-refractivity contribution < 1.29 is 9.13 Å². The molecular formula is C19H27FIN5O. The summed E-state index contributed by atoms with van der Waals surface area (Å²) in [5, 5.41) is 7.92. The zero-order chi connectivity index (χ0) is 18.5. The second-order valence-corrected chi connectivity index (χ2v) is 6.67. The van der Waals surface area contributed by atoms with E-state index in [2.05, 4.69) is 20.3 Å². The van der Waals surface area contributed by atoms with Crippen molar-refractivity contribution >= 4 is 29.9 Å². The molecule has 2 aromatic rings. The highest BCUT2D eigenvalue weighted by atomic mass is 127. The summed E-state index contributed by atoms with van der Waals surface area (Å²) < 4.78 is 20.3. The van der Waals surface area contributed by atoms with Crippen LogP contribution in [0.5, 0.6) is 0 Å². The molecule has 6 nitrogen and oxygen atoms in total. The molecule has 1 aromatic carbocycles. The Hall–Kier alpha value is -1.68. The smallest absolute Gasteiger partial charge is 0.193 e. The zero-order valence-electron chi connectivity index (χ0n) is 16.0. The first kappa shape index (κ1) is 21.6. The van der Waals surface area contributed by atoms with Crippen molar-refractivity contribution in [3.63, 3.8) is 0 Å². The number of hydrogen-bond acceptors (Lipinski definition) is 3. The first-order valence-corrected chi connectivity index (χ1v) is 8.87. The Morgan fingerprint density at radius 3 is 2.78 bits per heavy atom. The van der Waals surface area contributed by atoms with Gasteiger partial charge < -0.3 is 15.0 Å². The van der Waals surface area contributed by atoms with E-state index < -0.39 is 0 Å². The molecule has 0 saturated carbocycles. The lowest BCUT2D eigenvalue weighted by atomic mass is 10.1. The quantitative estimate of drug-likeness (QED) is 0.401. The Morgan fingerprint density at radius 2 is 2.15 bits per heavy atom. The second kappa shape index (κ2) is 10.0. The molecule has 0 spiro atoms. The summed E-state index contributed by atoms with van der Waals surface area (Å²) in [5.74, 6) is 1.16. The first-order valence-electron chi connectivity index (χ1n) is 8.87. The first-order chi connectivity index (χ1) is 12.6. The van der Waals surface area contributed by atoms with Crippen LogP contribution in [0.3, 0.4) is 0 Å². The number of aliphatic imine (C=N–C) groups is 1. The molecule has 0 amide bonds. The lowest BCUT2D eigenvalue weighted by Crippen LogP contribution is -2.41. The van der Waals surface area contributed by atoms with Crippen molar-refractivity contribution in [1.29, 1.82) is 0 Å². The Bertz CT molecular complexity index is 756. The molecule has 1 fully saturated rings. The van der Waals surface area contributed by atoms with E-state index in [1.165, 1.54) is 12.1 Å². The predicted molar refractivity (Wildman–Crippen MR) is 115 cm³/mol. The van der Waals surface area contributed by atoms with E-state index in [1.54, 1.807) is 23.9 Å². The number of nitrogens with zero attached hydrogens (tertiary/aromatic N) is 4. The van der Waals surface area contributed by atoms with Crippen molar-refractivity contribution in [3.05, 3.63) is 47.5 Å². The van der Waals surface area contributed by atoms with E-state index in [9.17, 15) is 4.39 Å². The predicted octanol–water partition coefficient (Wildman–Crippen LogP) is 2.98. The third-order valence-corrected chi connectivity index (χ3v) is 4.66. The average molecular weight is 487 g/mol. The number of benzene rings is 1. The molecule has 1 unspecified atom stereocenters. The van der Waals surface area contributed by atoms with Crippen LogP contribution in [0.25, 0.3) is 5.69 Å². The summed E-state index contributed by atoms with van der Waals surface area (Å²) >= 11 is 0. The topological polar surface area (TPSA) is 54.7 Å². The number of ether oxygens (including phenoxy) is 1. The SMILES string of the molecule is CN=C(NCc1cn(-c2ccc(F)cc2)nc1C)N(C)CC1CCOC1.I. The van der Waals surface area contributed by atoms with Gasteiger partial charge >= 0.3 is 0 Å². The molecule has 0 aliphatic carbocycles. The molecule has 1 N–H and O–H groups in total. The molecule has 1 aliphatic rings. The maximum absolute atomic E-state index is 13.1. The lowest BCUT2D eigenvalue weighted by Gasteiger charge is -2.24. The van der Waals surface area contributed by atoms with Gasteiger partial charge in [0.25, 0.3) is 0 Å². The maximum atomic E-state index is 13.1. The Morgan fingerprint density at radius 1 is 1.41 bits per heavy atom. The molecular weight excluding hydrogens is 460 g/mol. The van der Waals surface area contributed by atoms with Gasteiger partial charge in [-0.2, -0.15) is 5.10 Å². The number of hydrogen-bond donors (Lipinski definition) is 1. The van der Waals surface area contributed by atoms with Crippen LogP contribution < -0.4 is 5.32 Å². The van der Waals surface area contributed by atoms with Crippen LogP contribution in [0.1, 0.15) is 17.7 Å². The fraction of sp³-hybridized carbons (Fsp3) is 0.474. The third kappa shape index (κ3) is 5.65. The van der Waals surface area contributed by atoms with Gasteiger partial charge in [-0.15, -0.1) is 24.0 Å². The minimum absolute atomic E-state index is 0. The van der Waals surface area contributed by atoms with E-state index in [0.717, 1.165) is 49.1 Å². The van der Waals surface area contributed by atoms with Crippen LogP contribution in [0.15, 0.2) is 35.5 Å². The Kier molecular flexibility index (Phi) is 8.03. The van der Waals surface area contributed by atoms with Gasteiger partial charge in [-0.25, -0.2) is 9.07 Å². The van der Waals surface area contributed by atoms with Gasteiger partial charge in [0, 0.05) is 51.5 Å². The molecule has 0 radical (unpaired) electrons. The van der Waals surface area contributed by atoms with Gasteiger partial charge in [0.05, 0.1) is 18.0 Å². The molecule has 1 aliphatic heterocycles. The summed E-state index contributed by atoms with van der Waals surface area (Å²) in [5.41, 5.74) is 2.85. The average Bonchev–Trinajstić information content (AvgIpc) is 3.26. The molecule has 1 atom stereocenters. The van der Waals surface area contributed by atoms with Gasteiger partial charge in [-0.1, -0.05) is 0 Å². The normalized spacial score (nSPS) is 16.9. The minimum Gasteiger partial charge on any atom is -0.381 e. The van der Waals surface area contributed by atoms with E-state index in [-0.39, 0.29) is 29.8 Å². The van der Waals surface area contributed by atoms with E-state index >= 15 is 0 Å². The summed E-state index contributed by atoms with van der Waals surface area (Å²) in [4.78, 5) is 6.51. The Labute approximate surface area is 176 Å². The standard InChI is InChI=1S/C19H26FN5O.HI/c1-14-16(12-25(23-14)18-6-4-17(20)5-7-18)10-22-19(21-2)24(3)11-15-8-9-26-13-15;/h4-7,12,15H,8-11,13H2,1-3H3,(H,21,22);1H. The number of nitrogens with one attached hydrogen (secondary N) is 1. The highest BCUT2D eigenvalue weighted by Gasteiger charge is 2.19. The molecule has 3 rings (SSSR count). The number of guanidine groups is 1. The van der Waals surface area contributed by atoms with Crippen molar-refractivity contribution in [1.82, 2.24) is 20.0 Å². The minimum atomic E-state index is -0.251. The van der Waals surface area contributed by atoms with Crippen molar-refractivity contribution in [2.24, 2.45) is 10.9 Å². The molecule has 27 heavy (non-hydrogen) atoms. The maximum Gasteiger partial charge on any atom is 0.193 e. The van der Waals surface area contributed by atoms with Gasteiger partial charge in [0.1, 0.15) is 5.82 Å². The van der Waals surface area contributed by atoms with Gasteiger partial charge in [0.15, 0.2) is 5.96 Å². The summed E-state index contributed by atoms with van der Waals surface area (Å²) in [6, 6.07) is 6.31. The van der Waals surface area contributed by atoms with Crippen LogP contribution >= 0.6 is 24.0 Å². The van der Waals surface area contributed by atoms with Crippen molar-refractivity contribution in [2.45, 2.75) is 19.9 Å². The molecule has 1 saturated heterocycles. The summed E-state index contributed by atoms with van der Waals surface area (Å²) in [6.07, 6.45) is 3.07. The molecule has 1 aromatic heterocycles. The van der Waals surface area contributed by atoms with E-state index in [4.69, 9.17) is 4.74 Å². The number of rotatable bonds is 5. The zero-order valence-corrected chi connectivity index (χ0v) is 18.3. The van der Waals surface area contributed by atoms with E-state index in [1.807, 2.05) is 20.2 Å². The van der Waals surface area contributed by atoms with Crippen LogP contribution in [0.2, 0.25) is 0 Å². The van der Waals surface area contributed by atoms with Crippen molar-refractivity contribution in [2.75, 3.05) is 33.9 Å². The highest BCUT2D eigenvalue weighted by Crippen LogP contribution is 2.14. The second-order valence-electron chi connectivity index (χ2n) is 6.67. The number of halogens is 2. The summed E-state index contributed by atoms with van der Waals surface area (Å²) in [7, 11) is 3.83. The highest BCUT2D eigenvalue weighted by molar-refractivity contribution is 14.0. The number of aryl methyl sites for hydroxylation is 1. The molecule has 2 heterocycles. The lowest BCUT2D eigenvalue weighted by molar-refractivity contribution is 0.181. The largest absolute Gasteiger partial charge is 0.381 e. The molecule has 148 valence electrons. The van der Waals surface area contributed by atoms with Crippen LogP contribution in [0, 0.1) is 18.7 Å². The summed E-state index contributed by atoms with van der Waals surface area (Å²) in [6.45, 7) is 5.20.